The van der Waals surface area contributed by atoms with Crippen molar-refractivity contribution in [1.29, 1.82) is 0 Å². The van der Waals surface area contributed by atoms with Gasteiger partial charge >= 0.3 is 6.18 Å². The highest BCUT2D eigenvalue weighted by molar-refractivity contribution is 5.79. The number of halogens is 3. The first-order valence-corrected chi connectivity index (χ1v) is 12.2. The van der Waals surface area contributed by atoms with Crippen LogP contribution in [-0.4, -0.2) is 51.0 Å². The second-order valence-electron chi connectivity index (χ2n) is 11.0. The van der Waals surface area contributed by atoms with Crippen LogP contribution < -0.4 is 10.5 Å². The Morgan fingerprint density at radius 1 is 1.11 bits per heavy atom. The lowest BCUT2D eigenvalue weighted by atomic mass is 9.34. The second-order valence-corrected chi connectivity index (χ2v) is 11.0. The van der Waals surface area contributed by atoms with Crippen molar-refractivity contribution in [2.45, 2.75) is 55.7 Å². The molecule has 7 rings (SSSR count). The van der Waals surface area contributed by atoms with Gasteiger partial charge in [-0.1, -0.05) is 0 Å². The number of rotatable bonds is 4. The van der Waals surface area contributed by atoms with Crippen LogP contribution in [-0.2, 0) is 24.2 Å². The average molecular weight is 503 g/mol. The van der Waals surface area contributed by atoms with Gasteiger partial charge in [0.15, 0.2) is 5.65 Å². The predicted molar refractivity (Wildman–Crippen MR) is 127 cm³/mol. The third-order valence-corrected chi connectivity index (χ3v) is 8.39. The highest BCUT2D eigenvalue weighted by Crippen LogP contribution is 2.78. The first-order valence-electron chi connectivity index (χ1n) is 12.2. The van der Waals surface area contributed by atoms with Crippen LogP contribution in [0.15, 0.2) is 23.1 Å². The summed E-state index contributed by atoms with van der Waals surface area (Å²) in [5.41, 5.74) is 0.610. The largest absolute Gasteiger partial charge is 0.394 e. The molecular weight excluding hydrogens is 473 g/mol. The number of fused-ring (bicyclic) bond motifs is 1. The maximum absolute atomic E-state index is 13.6. The van der Waals surface area contributed by atoms with Gasteiger partial charge in [-0.2, -0.15) is 18.2 Å². The fraction of sp³-hybridized carbons (Fsp3) is 0.600. The predicted octanol–water partition coefficient (Wildman–Crippen LogP) is 3.75. The number of nitrogens with zero attached hydrogens (tertiary/aromatic N) is 6. The standard InChI is InChI=1S/C25H29F3N6O2/c1-32(2)22-31-21-18(34(22)4)19(23-11-24(12-23,13-23)25(26,27)28)29-20(30-21)14-7-8-36-16(9-14)15-5-6-17(35)33(3)10-15/h5-6,10,14,16H,7-9,11-13H2,1-4H3/t14-,16+,23?,24?/m0/s1. The van der Waals surface area contributed by atoms with Crippen LogP contribution in [0.2, 0.25) is 0 Å². The van der Waals surface area contributed by atoms with Crippen molar-refractivity contribution >= 4 is 17.1 Å². The van der Waals surface area contributed by atoms with E-state index >= 15 is 0 Å². The van der Waals surface area contributed by atoms with E-state index in [0.717, 1.165) is 11.1 Å². The Labute approximate surface area is 206 Å². The Kier molecular flexibility index (Phi) is 4.91. The summed E-state index contributed by atoms with van der Waals surface area (Å²) < 4.78 is 50.4. The molecule has 11 heteroatoms. The van der Waals surface area contributed by atoms with Crippen molar-refractivity contribution in [3.8, 4) is 0 Å². The van der Waals surface area contributed by atoms with Gasteiger partial charge in [-0.3, -0.25) is 4.79 Å². The third-order valence-electron chi connectivity index (χ3n) is 8.39. The SMILES string of the molecule is CN(C)c1nc2nc([C@H]3CCO[C@@H](c4ccc(=O)n(C)c4)C3)nc(C34CC(C(F)(F)F)(C3)C4)c2n1C. The zero-order valence-corrected chi connectivity index (χ0v) is 20.8. The molecule has 192 valence electrons. The lowest BCUT2D eigenvalue weighted by molar-refractivity contribution is -0.337. The van der Waals surface area contributed by atoms with E-state index in [9.17, 15) is 18.0 Å². The van der Waals surface area contributed by atoms with Crippen LogP contribution in [0.1, 0.15) is 61.2 Å². The number of ether oxygens (including phenoxy) is 1. The Morgan fingerprint density at radius 2 is 1.83 bits per heavy atom. The Balaban J connectivity index is 1.40. The maximum Gasteiger partial charge on any atom is 0.394 e. The van der Waals surface area contributed by atoms with E-state index in [2.05, 4.69) is 0 Å². The van der Waals surface area contributed by atoms with Gasteiger partial charge in [-0.25, -0.2) is 9.97 Å². The molecule has 0 amide bonds. The van der Waals surface area contributed by atoms with E-state index in [1.54, 1.807) is 19.3 Å². The number of anilines is 1. The molecule has 1 saturated heterocycles. The number of pyridine rings is 1. The second kappa shape index (κ2) is 7.53. The molecule has 4 aliphatic rings. The number of aromatic nitrogens is 5. The smallest absolute Gasteiger partial charge is 0.373 e. The maximum atomic E-state index is 13.6. The minimum Gasteiger partial charge on any atom is -0.373 e. The molecule has 3 aromatic heterocycles. The van der Waals surface area contributed by atoms with E-state index in [-0.39, 0.29) is 36.8 Å². The molecular formula is C25H29F3N6O2. The molecule has 0 unspecified atom stereocenters. The summed E-state index contributed by atoms with van der Waals surface area (Å²) in [5, 5.41) is 0. The molecule has 0 spiro atoms. The lowest BCUT2D eigenvalue weighted by Crippen LogP contribution is -2.70. The molecule has 8 nitrogen and oxygen atoms in total. The number of hydrogen-bond acceptors (Lipinski definition) is 6. The van der Waals surface area contributed by atoms with Gasteiger partial charge < -0.3 is 18.8 Å². The first kappa shape index (κ1) is 23.4. The third kappa shape index (κ3) is 3.24. The quantitative estimate of drug-likeness (QED) is 0.541. The summed E-state index contributed by atoms with van der Waals surface area (Å²) >= 11 is 0. The van der Waals surface area contributed by atoms with Gasteiger partial charge in [0.25, 0.3) is 0 Å². The summed E-state index contributed by atoms with van der Waals surface area (Å²) in [5.74, 6) is 1.27. The van der Waals surface area contributed by atoms with Crippen LogP contribution in [0.3, 0.4) is 0 Å². The van der Waals surface area contributed by atoms with Crippen molar-refractivity contribution in [3.05, 3.63) is 45.8 Å². The average Bonchev–Trinajstić information content (AvgIpc) is 3.09. The van der Waals surface area contributed by atoms with E-state index in [0.29, 0.717) is 42.6 Å². The normalized spacial score (nSPS) is 29.6. The van der Waals surface area contributed by atoms with Gasteiger partial charge in [-0.15, -0.1) is 0 Å². The number of imidazole rings is 1. The van der Waals surface area contributed by atoms with Crippen molar-refractivity contribution in [1.82, 2.24) is 24.1 Å². The van der Waals surface area contributed by atoms with Crippen LogP contribution in [0.25, 0.3) is 11.2 Å². The molecule has 0 aromatic carbocycles. The fourth-order valence-corrected chi connectivity index (χ4v) is 6.48. The Hall–Kier alpha value is -2.95. The topological polar surface area (TPSA) is 78.1 Å². The molecule has 2 atom stereocenters. The zero-order chi connectivity index (χ0) is 25.6. The molecule has 4 heterocycles. The van der Waals surface area contributed by atoms with Gasteiger partial charge in [0.05, 0.1) is 17.2 Å². The monoisotopic (exact) mass is 502 g/mol. The molecule has 2 bridgehead atoms. The number of alkyl halides is 3. The highest BCUT2D eigenvalue weighted by Gasteiger charge is 2.79. The molecule has 0 radical (unpaired) electrons. The zero-order valence-electron chi connectivity index (χ0n) is 20.8. The van der Waals surface area contributed by atoms with Crippen LogP contribution in [0, 0.1) is 5.41 Å². The summed E-state index contributed by atoms with van der Waals surface area (Å²) in [6.45, 7) is 0.502. The molecule has 4 fully saturated rings. The minimum atomic E-state index is -4.19. The fourth-order valence-electron chi connectivity index (χ4n) is 6.48. The van der Waals surface area contributed by atoms with Gasteiger partial charge in [-0.05, 0) is 43.7 Å². The summed E-state index contributed by atoms with van der Waals surface area (Å²) in [4.78, 5) is 28.2. The van der Waals surface area contributed by atoms with Crippen LogP contribution in [0.5, 0.6) is 0 Å². The summed E-state index contributed by atoms with van der Waals surface area (Å²) in [6.07, 6.45) is -1.07. The number of aryl methyl sites for hydroxylation is 2. The summed E-state index contributed by atoms with van der Waals surface area (Å²) in [7, 11) is 7.33. The first-order chi connectivity index (χ1) is 16.9. The molecule has 36 heavy (non-hydrogen) atoms. The molecule has 3 aromatic rings. The molecule has 3 aliphatic carbocycles. The van der Waals surface area contributed by atoms with Crippen molar-refractivity contribution in [3.63, 3.8) is 0 Å². The van der Waals surface area contributed by atoms with Crippen LogP contribution in [0.4, 0.5) is 19.1 Å². The minimum absolute atomic E-state index is 0.0297. The van der Waals surface area contributed by atoms with Crippen molar-refractivity contribution in [2.75, 3.05) is 25.6 Å². The number of hydrogen-bond donors (Lipinski definition) is 0. The molecule has 1 aliphatic heterocycles. The van der Waals surface area contributed by atoms with E-state index in [4.69, 9.17) is 19.7 Å². The van der Waals surface area contributed by atoms with Crippen molar-refractivity contribution < 1.29 is 17.9 Å². The van der Waals surface area contributed by atoms with Crippen molar-refractivity contribution in [2.24, 2.45) is 19.5 Å². The molecule has 3 saturated carbocycles. The van der Waals surface area contributed by atoms with E-state index in [1.165, 1.54) is 10.6 Å². The van der Waals surface area contributed by atoms with E-state index < -0.39 is 17.0 Å². The highest BCUT2D eigenvalue weighted by atomic mass is 19.4. The van der Waals surface area contributed by atoms with Gasteiger partial charge in [0.2, 0.25) is 11.5 Å². The Bertz CT molecular complexity index is 1410. The molecule has 0 N–H and O–H groups in total. The Morgan fingerprint density at radius 3 is 2.47 bits per heavy atom. The van der Waals surface area contributed by atoms with Crippen LogP contribution >= 0.6 is 0 Å². The van der Waals surface area contributed by atoms with Gasteiger partial charge in [0, 0.05) is 58.4 Å². The lowest BCUT2D eigenvalue weighted by Gasteiger charge is -2.70. The summed E-state index contributed by atoms with van der Waals surface area (Å²) in [6, 6.07) is 3.31. The van der Waals surface area contributed by atoms with E-state index in [1.807, 2.05) is 30.6 Å². The van der Waals surface area contributed by atoms with Gasteiger partial charge in [0.1, 0.15) is 11.3 Å².